The zero-order chi connectivity index (χ0) is 17.9. The zero-order valence-electron chi connectivity index (χ0n) is 14.3. The highest BCUT2D eigenvalue weighted by Gasteiger charge is 2.25. The second kappa shape index (κ2) is 7.14. The van der Waals surface area contributed by atoms with Crippen molar-refractivity contribution >= 4 is 21.7 Å². The number of pyridine rings is 1. The lowest BCUT2D eigenvalue weighted by molar-refractivity contribution is 0.101. The number of carbonyl (C=O) groups excluding carboxylic acids is 1. The maximum Gasteiger partial charge on any atom is 0.273 e. The Morgan fingerprint density at radius 2 is 1.96 bits per heavy atom. The lowest BCUT2D eigenvalue weighted by atomic mass is 10.3. The first-order valence-electron chi connectivity index (χ1n) is 7.70. The Morgan fingerprint density at radius 1 is 1.29 bits per heavy atom. The fraction of sp³-hybridized carbons (Fsp3) is 0.375. The van der Waals surface area contributed by atoms with Crippen molar-refractivity contribution in [2.24, 2.45) is 7.05 Å². The third kappa shape index (κ3) is 3.65. The van der Waals surface area contributed by atoms with E-state index in [1.54, 1.807) is 33.2 Å². The molecule has 0 saturated heterocycles. The Hall–Kier alpha value is -2.19. The number of aromatic nitrogens is 2. The molecule has 0 radical (unpaired) electrons. The Labute approximate surface area is 142 Å². The second-order valence-electron chi connectivity index (χ2n) is 5.43. The van der Waals surface area contributed by atoms with Crippen molar-refractivity contribution in [2.75, 3.05) is 18.4 Å². The molecule has 24 heavy (non-hydrogen) atoms. The van der Waals surface area contributed by atoms with E-state index in [4.69, 9.17) is 0 Å². The number of carbonyl (C=O) groups is 1. The van der Waals surface area contributed by atoms with Crippen LogP contribution >= 0.6 is 0 Å². The molecule has 8 heteroatoms. The van der Waals surface area contributed by atoms with Crippen molar-refractivity contribution in [1.82, 2.24) is 13.9 Å². The summed E-state index contributed by atoms with van der Waals surface area (Å²) in [7, 11) is -1.96. The molecule has 0 aliphatic rings. The SMILES string of the molecule is CCN(CC)S(=O)(=O)c1cc(C(=O)Nc2cc(C)ccn2)n(C)c1. The zero-order valence-corrected chi connectivity index (χ0v) is 15.1. The van der Waals surface area contributed by atoms with E-state index in [2.05, 4.69) is 10.3 Å². The number of nitrogens with one attached hydrogen (secondary N) is 1. The van der Waals surface area contributed by atoms with Gasteiger partial charge in [-0.15, -0.1) is 0 Å². The van der Waals surface area contributed by atoms with Gasteiger partial charge in [-0.05, 0) is 30.7 Å². The molecule has 2 heterocycles. The molecule has 0 aromatic carbocycles. The lowest BCUT2D eigenvalue weighted by Crippen LogP contribution is -2.30. The van der Waals surface area contributed by atoms with Gasteiger partial charge in [0.05, 0.1) is 0 Å². The van der Waals surface area contributed by atoms with E-state index < -0.39 is 15.9 Å². The van der Waals surface area contributed by atoms with Crippen molar-refractivity contribution in [1.29, 1.82) is 0 Å². The molecule has 0 fully saturated rings. The number of hydrogen-bond donors (Lipinski definition) is 1. The minimum Gasteiger partial charge on any atom is -0.345 e. The Kier molecular flexibility index (Phi) is 5.40. The average molecular weight is 350 g/mol. The molecule has 2 rings (SSSR count). The van der Waals surface area contributed by atoms with Gasteiger partial charge in [0.25, 0.3) is 5.91 Å². The maximum atomic E-state index is 12.6. The first-order valence-corrected chi connectivity index (χ1v) is 9.14. The maximum absolute atomic E-state index is 12.6. The van der Waals surface area contributed by atoms with Crippen molar-refractivity contribution in [2.45, 2.75) is 25.7 Å². The van der Waals surface area contributed by atoms with E-state index >= 15 is 0 Å². The average Bonchev–Trinajstić information content (AvgIpc) is 2.91. The molecule has 0 aliphatic heterocycles. The number of amides is 1. The lowest BCUT2D eigenvalue weighted by Gasteiger charge is -2.17. The predicted octanol–water partition coefficient (Wildman–Crippen LogP) is 2.01. The van der Waals surface area contributed by atoms with Gasteiger partial charge in [-0.25, -0.2) is 13.4 Å². The van der Waals surface area contributed by atoms with Gasteiger partial charge in [0, 0.05) is 32.5 Å². The summed E-state index contributed by atoms with van der Waals surface area (Å²) in [5.41, 5.74) is 1.22. The summed E-state index contributed by atoms with van der Waals surface area (Å²) in [6, 6.07) is 4.96. The van der Waals surface area contributed by atoms with Crippen LogP contribution in [-0.4, -0.2) is 41.3 Å². The Bertz CT molecular complexity index is 839. The summed E-state index contributed by atoms with van der Waals surface area (Å²) in [5.74, 6) is 0.0194. The first-order chi connectivity index (χ1) is 11.3. The van der Waals surface area contributed by atoms with Crippen molar-refractivity contribution < 1.29 is 13.2 Å². The molecule has 0 unspecified atom stereocenters. The number of hydrogen-bond acceptors (Lipinski definition) is 4. The summed E-state index contributed by atoms with van der Waals surface area (Å²) < 4.78 is 28.0. The van der Waals surface area contributed by atoms with Crippen molar-refractivity contribution in [3.05, 3.63) is 41.9 Å². The normalized spacial score (nSPS) is 11.7. The first kappa shape index (κ1) is 18.2. The van der Waals surface area contributed by atoms with Crippen molar-refractivity contribution in [3.8, 4) is 0 Å². The smallest absolute Gasteiger partial charge is 0.273 e. The molecular weight excluding hydrogens is 328 g/mol. The summed E-state index contributed by atoms with van der Waals surface area (Å²) in [4.78, 5) is 16.6. The van der Waals surface area contributed by atoms with Gasteiger partial charge in [-0.2, -0.15) is 4.31 Å². The van der Waals surface area contributed by atoms with Crippen molar-refractivity contribution in [3.63, 3.8) is 0 Å². The van der Waals surface area contributed by atoms with Gasteiger partial charge < -0.3 is 9.88 Å². The van der Waals surface area contributed by atoms with E-state index in [-0.39, 0.29) is 10.6 Å². The van der Waals surface area contributed by atoms with Gasteiger partial charge in [0.1, 0.15) is 16.4 Å². The predicted molar refractivity (Wildman–Crippen MR) is 92.4 cm³/mol. The second-order valence-corrected chi connectivity index (χ2v) is 7.37. The van der Waals surface area contributed by atoms with Gasteiger partial charge in [0.2, 0.25) is 10.0 Å². The molecule has 2 aromatic rings. The van der Waals surface area contributed by atoms with Gasteiger partial charge in [-0.3, -0.25) is 4.79 Å². The molecule has 0 spiro atoms. The van der Waals surface area contributed by atoms with Crippen LogP contribution in [0.4, 0.5) is 5.82 Å². The van der Waals surface area contributed by atoms with Gasteiger partial charge in [-0.1, -0.05) is 13.8 Å². The number of nitrogens with zero attached hydrogens (tertiary/aromatic N) is 3. The fourth-order valence-electron chi connectivity index (χ4n) is 2.40. The van der Waals surface area contributed by atoms with E-state index in [0.29, 0.717) is 18.9 Å². The topological polar surface area (TPSA) is 84.3 Å². The van der Waals surface area contributed by atoms with Gasteiger partial charge >= 0.3 is 0 Å². The molecule has 1 N–H and O–H groups in total. The molecule has 2 aromatic heterocycles. The van der Waals surface area contributed by atoms with Gasteiger partial charge in [0.15, 0.2) is 0 Å². The molecule has 7 nitrogen and oxygen atoms in total. The largest absolute Gasteiger partial charge is 0.345 e. The molecule has 0 aliphatic carbocycles. The summed E-state index contributed by atoms with van der Waals surface area (Å²) in [6.45, 7) is 6.21. The number of sulfonamides is 1. The molecule has 1 amide bonds. The summed E-state index contributed by atoms with van der Waals surface area (Å²) in [6.07, 6.45) is 3.05. The third-order valence-corrected chi connectivity index (χ3v) is 5.73. The van der Waals surface area contributed by atoms with Crippen LogP contribution in [0.3, 0.4) is 0 Å². The van der Waals surface area contributed by atoms with Crippen LogP contribution < -0.4 is 5.32 Å². The minimum absolute atomic E-state index is 0.107. The van der Waals surface area contributed by atoms with Crippen LogP contribution in [0, 0.1) is 6.92 Å². The fourth-order valence-corrected chi connectivity index (χ4v) is 3.93. The molecule has 0 atom stereocenters. The standard InChI is InChI=1S/C16H22N4O3S/c1-5-20(6-2)24(22,23)13-10-14(19(4)11-13)16(21)18-15-9-12(3)7-8-17-15/h7-11H,5-6H2,1-4H3,(H,17,18,21). The van der Waals surface area contributed by atoms with Crippen LogP contribution in [-0.2, 0) is 17.1 Å². The third-order valence-electron chi connectivity index (χ3n) is 3.71. The van der Waals surface area contributed by atoms with Crippen LogP contribution in [0.15, 0.2) is 35.5 Å². The summed E-state index contributed by atoms with van der Waals surface area (Å²) >= 11 is 0. The van der Waals surface area contributed by atoms with E-state index in [1.165, 1.54) is 21.1 Å². The van der Waals surface area contributed by atoms with E-state index in [0.717, 1.165) is 5.56 Å². The molecule has 0 bridgehead atoms. The monoisotopic (exact) mass is 350 g/mol. The highest BCUT2D eigenvalue weighted by Crippen LogP contribution is 2.19. The van der Waals surface area contributed by atoms with Crippen LogP contribution in [0.5, 0.6) is 0 Å². The van der Waals surface area contributed by atoms with Crippen LogP contribution in [0.2, 0.25) is 0 Å². The molecular formula is C16H22N4O3S. The Balaban J connectivity index is 2.30. The quantitative estimate of drug-likeness (QED) is 0.864. The van der Waals surface area contributed by atoms with Crippen LogP contribution in [0.1, 0.15) is 29.9 Å². The molecule has 130 valence electrons. The number of rotatable bonds is 6. The highest BCUT2D eigenvalue weighted by molar-refractivity contribution is 7.89. The van der Waals surface area contributed by atoms with Crippen LogP contribution in [0.25, 0.3) is 0 Å². The molecule has 0 saturated carbocycles. The van der Waals surface area contributed by atoms with E-state index in [1.807, 2.05) is 13.0 Å². The highest BCUT2D eigenvalue weighted by atomic mass is 32.2. The number of aryl methyl sites for hydroxylation is 2. The Morgan fingerprint density at radius 3 is 2.54 bits per heavy atom. The minimum atomic E-state index is -3.60. The number of anilines is 1. The summed E-state index contributed by atoms with van der Waals surface area (Å²) in [5, 5.41) is 2.68. The van der Waals surface area contributed by atoms with E-state index in [9.17, 15) is 13.2 Å².